The summed E-state index contributed by atoms with van der Waals surface area (Å²) in [5, 5.41) is 0.880. The van der Waals surface area contributed by atoms with Gasteiger partial charge in [-0.2, -0.15) is 0 Å². The Balaban J connectivity index is 1.15. The predicted molar refractivity (Wildman–Crippen MR) is 125 cm³/mol. The van der Waals surface area contributed by atoms with Gasteiger partial charge in [0.2, 0.25) is 0 Å². The molecule has 2 aromatic heterocycles. The summed E-state index contributed by atoms with van der Waals surface area (Å²) >= 11 is 1.60. The van der Waals surface area contributed by atoms with Gasteiger partial charge in [0.25, 0.3) is 0 Å². The van der Waals surface area contributed by atoms with Gasteiger partial charge in [-0.3, -0.25) is 0 Å². The molecule has 170 valence electrons. The first-order valence-corrected chi connectivity index (χ1v) is 12.6. The quantitative estimate of drug-likeness (QED) is 0.686. The van der Waals surface area contributed by atoms with E-state index in [-0.39, 0.29) is 5.54 Å². The van der Waals surface area contributed by atoms with Crippen molar-refractivity contribution in [1.82, 2.24) is 15.0 Å². The van der Waals surface area contributed by atoms with Crippen molar-refractivity contribution in [3.05, 3.63) is 24.7 Å². The number of aromatic nitrogens is 3. The number of anilines is 2. The van der Waals surface area contributed by atoms with E-state index in [0.29, 0.717) is 11.5 Å². The summed E-state index contributed by atoms with van der Waals surface area (Å²) in [6, 6.07) is 2.02. The molecule has 0 unspecified atom stereocenters. The molecule has 0 bridgehead atoms. The molecule has 0 amide bonds. The Kier molecular flexibility index (Phi) is 4.98. The Morgan fingerprint density at radius 1 is 1.06 bits per heavy atom. The molecule has 1 atom stereocenters. The molecule has 2 saturated heterocycles. The average molecular weight is 454 g/mol. The first-order chi connectivity index (χ1) is 15.6. The minimum atomic E-state index is 0.249. The molecule has 7 nitrogen and oxygen atoms in total. The van der Waals surface area contributed by atoms with Crippen LogP contribution >= 0.6 is 11.8 Å². The van der Waals surface area contributed by atoms with Gasteiger partial charge in [-0.05, 0) is 50.5 Å². The molecule has 0 radical (unpaired) electrons. The van der Waals surface area contributed by atoms with Crippen molar-refractivity contribution in [1.29, 1.82) is 0 Å². The molecule has 6 rings (SSSR count). The SMILES string of the molecule is C[C@H]1CC2(CCN(c3cnc(Sc4ccnc5c4OCCC4(CC4)N5C)cn3)CC2)CO1. The Morgan fingerprint density at radius 2 is 1.91 bits per heavy atom. The molecule has 4 aliphatic rings. The zero-order valence-electron chi connectivity index (χ0n) is 18.9. The van der Waals surface area contributed by atoms with Gasteiger partial charge in [0, 0.05) is 38.3 Å². The van der Waals surface area contributed by atoms with E-state index in [1.807, 2.05) is 24.7 Å². The van der Waals surface area contributed by atoms with E-state index in [1.54, 1.807) is 11.8 Å². The number of rotatable bonds is 3. The monoisotopic (exact) mass is 453 g/mol. The van der Waals surface area contributed by atoms with Crippen LogP contribution in [0.2, 0.25) is 0 Å². The van der Waals surface area contributed by atoms with Crippen LogP contribution in [0.1, 0.15) is 45.4 Å². The first-order valence-electron chi connectivity index (χ1n) is 11.8. The lowest BCUT2D eigenvalue weighted by Crippen LogP contribution is -2.41. The summed E-state index contributed by atoms with van der Waals surface area (Å²) in [7, 11) is 2.15. The molecule has 0 N–H and O–H groups in total. The van der Waals surface area contributed by atoms with Gasteiger partial charge in [-0.1, -0.05) is 11.8 Å². The average Bonchev–Trinajstić information content (AvgIpc) is 3.54. The van der Waals surface area contributed by atoms with Crippen LogP contribution in [0, 0.1) is 5.41 Å². The molecular weight excluding hydrogens is 422 g/mol. The summed E-state index contributed by atoms with van der Waals surface area (Å²) in [6.45, 7) is 5.89. The van der Waals surface area contributed by atoms with Crippen molar-refractivity contribution < 1.29 is 9.47 Å². The standard InChI is InChI=1S/C24H31N5O2S/c1-17-13-23(16-31-17)6-10-29(11-7-23)19-14-27-20(15-26-19)32-18-3-9-25-22-21(18)30-12-8-24(4-5-24)28(22)2/h3,9,14-15,17H,4-8,10-13,16H2,1-2H3/t17-/m0/s1. The summed E-state index contributed by atoms with van der Waals surface area (Å²) < 4.78 is 12.0. The molecular formula is C24H31N5O2S. The summed E-state index contributed by atoms with van der Waals surface area (Å²) in [4.78, 5) is 19.9. The Morgan fingerprint density at radius 3 is 2.59 bits per heavy atom. The van der Waals surface area contributed by atoms with Gasteiger partial charge >= 0.3 is 0 Å². The molecule has 2 aromatic rings. The molecule has 3 fully saturated rings. The van der Waals surface area contributed by atoms with E-state index in [0.717, 1.165) is 60.0 Å². The fourth-order valence-corrected chi connectivity index (χ4v) is 6.39. The highest BCUT2D eigenvalue weighted by Gasteiger charge is 2.49. The van der Waals surface area contributed by atoms with E-state index >= 15 is 0 Å². The van der Waals surface area contributed by atoms with Crippen LogP contribution in [0.4, 0.5) is 11.6 Å². The number of ether oxygens (including phenoxy) is 2. The fraction of sp³-hybridized carbons (Fsp3) is 0.625. The lowest BCUT2D eigenvalue weighted by molar-refractivity contribution is 0.0976. The topological polar surface area (TPSA) is 63.6 Å². The highest BCUT2D eigenvalue weighted by atomic mass is 32.2. The fourth-order valence-electron chi connectivity index (χ4n) is 5.58. The van der Waals surface area contributed by atoms with Crippen molar-refractivity contribution in [3.63, 3.8) is 0 Å². The molecule has 1 saturated carbocycles. The predicted octanol–water partition coefficient (Wildman–Crippen LogP) is 4.17. The molecule has 1 aliphatic carbocycles. The van der Waals surface area contributed by atoms with E-state index in [1.165, 1.54) is 32.1 Å². The van der Waals surface area contributed by atoms with Crippen LogP contribution < -0.4 is 14.5 Å². The second kappa shape index (κ2) is 7.76. The second-order valence-electron chi connectivity index (χ2n) is 9.97. The van der Waals surface area contributed by atoms with Gasteiger partial charge in [0.1, 0.15) is 10.8 Å². The van der Waals surface area contributed by atoms with E-state index < -0.39 is 0 Å². The van der Waals surface area contributed by atoms with E-state index in [2.05, 4.69) is 28.8 Å². The zero-order chi connectivity index (χ0) is 21.8. The lowest BCUT2D eigenvalue weighted by Gasteiger charge is -2.38. The van der Waals surface area contributed by atoms with Crippen LogP contribution in [-0.2, 0) is 4.74 Å². The van der Waals surface area contributed by atoms with Crippen LogP contribution in [0.25, 0.3) is 0 Å². The molecule has 5 heterocycles. The number of nitrogens with zero attached hydrogens (tertiary/aromatic N) is 5. The largest absolute Gasteiger partial charge is 0.488 e. The van der Waals surface area contributed by atoms with Crippen molar-refractivity contribution in [2.24, 2.45) is 5.41 Å². The van der Waals surface area contributed by atoms with Crippen LogP contribution in [0.5, 0.6) is 5.75 Å². The number of piperidine rings is 1. The highest BCUT2D eigenvalue weighted by Crippen LogP contribution is 2.51. The second-order valence-corrected chi connectivity index (χ2v) is 11.0. The maximum atomic E-state index is 6.18. The lowest BCUT2D eigenvalue weighted by atomic mass is 9.77. The summed E-state index contributed by atoms with van der Waals surface area (Å²) in [5.74, 6) is 2.79. The Hall–Kier alpha value is -2.06. The molecule has 8 heteroatoms. The van der Waals surface area contributed by atoms with Crippen molar-refractivity contribution >= 4 is 23.4 Å². The highest BCUT2D eigenvalue weighted by molar-refractivity contribution is 7.99. The van der Waals surface area contributed by atoms with Gasteiger partial charge in [0.05, 0.1) is 36.6 Å². The normalized spacial score (nSPS) is 25.5. The van der Waals surface area contributed by atoms with Crippen LogP contribution in [0.3, 0.4) is 0 Å². The van der Waals surface area contributed by atoms with Crippen LogP contribution in [0.15, 0.2) is 34.6 Å². The number of pyridine rings is 1. The Labute approximate surface area is 193 Å². The van der Waals surface area contributed by atoms with E-state index in [4.69, 9.17) is 19.4 Å². The zero-order valence-corrected chi connectivity index (χ0v) is 19.7. The third-order valence-corrected chi connectivity index (χ3v) is 8.85. The number of hydrogen-bond acceptors (Lipinski definition) is 8. The minimum Gasteiger partial charge on any atom is -0.488 e. The minimum absolute atomic E-state index is 0.249. The van der Waals surface area contributed by atoms with Crippen molar-refractivity contribution in [2.45, 2.75) is 67.0 Å². The summed E-state index contributed by atoms with van der Waals surface area (Å²) in [5.41, 5.74) is 0.628. The van der Waals surface area contributed by atoms with Gasteiger partial charge in [0.15, 0.2) is 11.6 Å². The molecule has 3 aliphatic heterocycles. The maximum absolute atomic E-state index is 6.18. The maximum Gasteiger partial charge on any atom is 0.175 e. The number of hydrogen-bond donors (Lipinski definition) is 0. The van der Waals surface area contributed by atoms with Crippen molar-refractivity contribution in [2.75, 3.05) is 43.2 Å². The van der Waals surface area contributed by atoms with Crippen LogP contribution in [-0.4, -0.2) is 59.9 Å². The summed E-state index contributed by atoms with van der Waals surface area (Å²) in [6.07, 6.45) is 13.1. The van der Waals surface area contributed by atoms with Gasteiger partial charge in [-0.25, -0.2) is 15.0 Å². The van der Waals surface area contributed by atoms with Crippen molar-refractivity contribution in [3.8, 4) is 5.75 Å². The molecule has 32 heavy (non-hydrogen) atoms. The molecule has 2 spiro atoms. The van der Waals surface area contributed by atoms with Gasteiger partial charge in [-0.15, -0.1) is 0 Å². The molecule has 0 aromatic carbocycles. The van der Waals surface area contributed by atoms with E-state index in [9.17, 15) is 0 Å². The first kappa shape index (κ1) is 20.5. The third-order valence-electron chi connectivity index (χ3n) is 7.89. The Bertz CT molecular complexity index is 988. The van der Waals surface area contributed by atoms with Gasteiger partial charge < -0.3 is 19.3 Å². The number of fused-ring (bicyclic) bond motifs is 1. The third kappa shape index (κ3) is 3.61. The smallest absolute Gasteiger partial charge is 0.175 e.